The van der Waals surface area contributed by atoms with Crippen molar-refractivity contribution < 1.29 is 13.6 Å². The second-order valence-corrected chi connectivity index (χ2v) is 3.99. The van der Waals surface area contributed by atoms with Crippen molar-refractivity contribution in [1.82, 2.24) is 4.98 Å². The molecule has 0 aliphatic rings. The lowest BCUT2D eigenvalue weighted by Gasteiger charge is -2.10. The number of amides is 1. The first-order valence-corrected chi connectivity index (χ1v) is 6.07. The predicted octanol–water partition coefficient (Wildman–Crippen LogP) is 3.04. The van der Waals surface area contributed by atoms with Gasteiger partial charge in [0, 0.05) is 12.7 Å². The minimum atomic E-state index is -1.09. The summed E-state index contributed by atoms with van der Waals surface area (Å²) < 4.78 is 26.6. The van der Waals surface area contributed by atoms with E-state index in [1.54, 1.807) is 12.1 Å². The van der Waals surface area contributed by atoms with E-state index in [0.29, 0.717) is 12.4 Å². The fraction of sp³-hybridized carbons (Fsp3) is 0.143. The zero-order chi connectivity index (χ0) is 14.5. The molecular formula is C14H13F2N3O. The Kier molecular flexibility index (Phi) is 4.24. The molecule has 1 aromatic heterocycles. The molecule has 2 aromatic rings. The lowest BCUT2D eigenvalue weighted by atomic mass is 10.2. The van der Waals surface area contributed by atoms with Crippen molar-refractivity contribution in [3.05, 3.63) is 53.7 Å². The number of anilines is 2. The molecule has 0 aliphatic carbocycles. The third-order valence-electron chi connectivity index (χ3n) is 2.60. The lowest BCUT2D eigenvalue weighted by molar-refractivity contribution is 0.102. The predicted molar refractivity (Wildman–Crippen MR) is 72.7 cm³/mol. The summed E-state index contributed by atoms with van der Waals surface area (Å²) in [4.78, 5) is 16.1. The second kappa shape index (κ2) is 6.10. The van der Waals surface area contributed by atoms with Gasteiger partial charge in [-0.1, -0.05) is 6.07 Å². The summed E-state index contributed by atoms with van der Waals surface area (Å²) in [5, 5.41) is 5.26. The van der Waals surface area contributed by atoms with Crippen LogP contribution >= 0.6 is 0 Å². The molecule has 0 aliphatic heterocycles. The van der Waals surface area contributed by atoms with Crippen LogP contribution in [0, 0.1) is 11.6 Å². The van der Waals surface area contributed by atoms with Gasteiger partial charge in [-0.2, -0.15) is 0 Å². The number of hydrogen-bond donors (Lipinski definition) is 2. The standard InChI is InChI=1S/C14H13F2N3O/c1-2-17-13-9(5-4-8-18-13)14(20)19-11-7-3-6-10(15)12(11)16/h3-8H,2H2,1H3,(H,17,18)(H,19,20). The summed E-state index contributed by atoms with van der Waals surface area (Å²) in [6, 6.07) is 6.75. The molecule has 0 bridgehead atoms. The van der Waals surface area contributed by atoms with Gasteiger partial charge in [0.05, 0.1) is 11.3 Å². The van der Waals surface area contributed by atoms with Crippen LogP contribution in [0.4, 0.5) is 20.3 Å². The summed E-state index contributed by atoms with van der Waals surface area (Å²) in [7, 11) is 0. The highest BCUT2D eigenvalue weighted by Crippen LogP contribution is 2.19. The molecule has 104 valence electrons. The highest BCUT2D eigenvalue weighted by molar-refractivity contribution is 6.07. The van der Waals surface area contributed by atoms with Gasteiger partial charge in [0.2, 0.25) is 0 Å². The molecule has 1 aromatic carbocycles. The minimum absolute atomic E-state index is 0.207. The Morgan fingerprint density at radius 3 is 2.80 bits per heavy atom. The first kappa shape index (κ1) is 13.9. The van der Waals surface area contributed by atoms with Crippen LogP contribution in [0.3, 0.4) is 0 Å². The van der Waals surface area contributed by atoms with Crippen LogP contribution in [0.2, 0.25) is 0 Å². The smallest absolute Gasteiger partial charge is 0.259 e. The number of carbonyl (C=O) groups excluding carboxylic acids is 1. The van der Waals surface area contributed by atoms with Crippen LogP contribution in [0.5, 0.6) is 0 Å². The fourth-order valence-corrected chi connectivity index (χ4v) is 1.69. The third kappa shape index (κ3) is 2.90. The van der Waals surface area contributed by atoms with E-state index in [4.69, 9.17) is 0 Å². The van der Waals surface area contributed by atoms with Crippen molar-refractivity contribution in [2.75, 3.05) is 17.2 Å². The Labute approximate surface area is 114 Å². The molecule has 2 rings (SSSR count). The van der Waals surface area contributed by atoms with E-state index in [1.807, 2.05) is 6.92 Å². The average molecular weight is 277 g/mol. The molecule has 0 unspecified atom stereocenters. The first-order valence-electron chi connectivity index (χ1n) is 6.07. The van der Waals surface area contributed by atoms with Crippen LogP contribution in [-0.4, -0.2) is 17.4 Å². The Morgan fingerprint density at radius 2 is 2.05 bits per heavy atom. The van der Waals surface area contributed by atoms with Gasteiger partial charge >= 0.3 is 0 Å². The topological polar surface area (TPSA) is 54.0 Å². The van der Waals surface area contributed by atoms with Gasteiger partial charge in [-0.05, 0) is 31.2 Å². The van der Waals surface area contributed by atoms with Crippen molar-refractivity contribution >= 4 is 17.4 Å². The average Bonchev–Trinajstić information content (AvgIpc) is 2.45. The molecule has 20 heavy (non-hydrogen) atoms. The van der Waals surface area contributed by atoms with E-state index in [-0.39, 0.29) is 11.3 Å². The zero-order valence-corrected chi connectivity index (χ0v) is 10.8. The highest BCUT2D eigenvalue weighted by atomic mass is 19.2. The number of rotatable bonds is 4. The molecule has 6 heteroatoms. The van der Waals surface area contributed by atoms with Crippen molar-refractivity contribution in [3.8, 4) is 0 Å². The largest absolute Gasteiger partial charge is 0.370 e. The van der Waals surface area contributed by atoms with Gasteiger partial charge in [-0.3, -0.25) is 4.79 Å². The molecule has 2 N–H and O–H groups in total. The van der Waals surface area contributed by atoms with E-state index < -0.39 is 17.5 Å². The molecule has 1 heterocycles. The molecule has 0 spiro atoms. The monoisotopic (exact) mass is 277 g/mol. The van der Waals surface area contributed by atoms with Crippen molar-refractivity contribution in [2.24, 2.45) is 0 Å². The number of carbonyl (C=O) groups is 1. The van der Waals surface area contributed by atoms with Gasteiger partial charge in [-0.15, -0.1) is 0 Å². The Bertz CT molecular complexity index is 632. The summed E-state index contributed by atoms with van der Waals surface area (Å²) in [6.45, 7) is 2.45. The summed E-state index contributed by atoms with van der Waals surface area (Å²) in [6.07, 6.45) is 1.54. The number of nitrogens with zero attached hydrogens (tertiary/aromatic N) is 1. The lowest BCUT2D eigenvalue weighted by Crippen LogP contribution is -2.16. The fourth-order valence-electron chi connectivity index (χ4n) is 1.69. The van der Waals surface area contributed by atoms with Crippen LogP contribution in [0.15, 0.2) is 36.5 Å². The highest BCUT2D eigenvalue weighted by Gasteiger charge is 2.15. The molecule has 0 saturated heterocycles. The summed E-state index contributed by atoms with van der Waals surface area (Å²) in [5.41, 5.74) is 0.0549. The maximum Gasteiger partial charge on any atom is 0.259 e. The number of pyridine rings is 1. The van der Waals surface area contributed by atoms with E-state index in [0.717, 1.165) is 6.07 Å². The van der Waals surface area contributed by atoms with Gasteiger partial charge in [0.1, 0.15) is 5.82 Å². The SMILES string of the molecule is CCNc1ncccc1C(=O)Nc1cccc(F)c1F. The maximum absolute atomic E-state index is 13.5. The van der Waals surface area contributed by atoms with Crippen LogP contribution < -0.4 is 10.6 Å². The number of nitrogens with one attached hydrogen (secondary N) is 2. The number of hydrogen-bond acceptors (Lipinski definition) is 3. The van der Waals surface area contributed by atoms with E-state index in [1.165, 1.54) is 18.3 Å². The number of halogens is 2. The van der Waals surface area contributed by atoms with Gasteiger partial charge < -0.3 is 10.6 Å². The Morgan fingerprint density at radius 1 is 1.25 bits per heavy atom. The van der Waals surface area contributed by atoms with Crippen molar-refractivity contribution in [2.45, 2.75) is 6.92 Å². The van der Waals surface area contributed by atoms with E-state index in [9.17, 15) is 13.6 Å². The Balaban J connectivity index is 2.26. The molecule has 0 saturated carbocycles. The number of benzene rings is 1. The third-order valence-corrected chi connectivity index (χ3v) is 2.60. The molecule has 0 atom stereocenters. The summed E-state index contributed by atoms with van der Waals surface area (Å²) >= 11 is 0. The van der Waals surface area contributed by atoms with E-state index >= 15 is 0 Å². The second-order valence-electron chi connectivity index (χ2n) is 3.99. The van der Waals surface area contributed by atoms with Crippen LogP contribution in [-0.2, 0) is 0 Å². The van der Waals surface area contributed by atoms with E-state index in [2.05, 4.69) is 15.6 Å². The normalized spacial score (nSPS) is 10.2. The van der Waals surface area contributed by atoms with Crippen molar-refractivity contribution in [1.29, 1.82) is 0 Å². The first-order chi connectivity index (χ1) is 9.63. The zero-order valence-electron chi connectivity index (χ0n) is 10.8. The van der Waals surface area contributed by atoms with Gasteiger partial charge in [-0.25, -0.2) is 13.8 Å². The van der Waals surface area contributed by atoms with Crippen LogP contribution in [0.25, 0.3) is 0 Å². The van der Waals surface area contributed by atoms with Crippen LogP contribution in [0.1, 0.15) is 17.3 Å². The quantitative estimate of drug-likeness (QED) is 0.903. The Hall–Kier alpha value is -2.50. The molecule has 0 radical (unpaired) electrons. The molecule has 0 fully saturated rings. The molecular weight excluding hydrogens is 264 g/mol. The number of aromatic nitrogens is 1. The maximum atomic E-state index is 13.5. The molecule has 4 nitrogen and oxygen atoms in total. The van der Waals surface area contributed by atoms with Gasteiger partial charge in [0.25, 0.3) is 5.91 Å². The minimum Gasteiger partial charge on any atom is -0.370 e. The van der Waals surface area contributed by atoms with Crippen molar-refractivity contribution in [3.63, 3.8) is 0 Å². The molecule has 1 amide bonds. The summed E-state index contributed by atoms with van der Waals surface area (Å²) in [5.74, 6) is -2.27. The van der Waals surface area contributed by atoms with Gasteiger partial charge in [0.15, 0.2) is 11.6 Å².